The van der Waals surface area contributed by atoms with E-state index in [1.54, 1.807) is 0 Å². The highest BCUT2D eigenvalue weighted by Gasteiger charge is 2.08. The summed E-state index contributed by atoms with van der Waals surface area (Å²) in [4.78, 5) is 11.6. The van der Waals surface area contributed by atoms with Crippen molar-refractivity contribution in [2.45, 2.75) is 0 Å². The molecule has 0 unspecified atom stereocenters. The quantitative estimate of drug-likeness (QED) is 0.919. The number of halogens is 3. The summed E-state index contributed by atoms with van der Waals surface area (Å²) in [6.07, 6.45) is 0. The van der Waals surface area contributed by atoms with Gasteiger partial charge in [0.25, 0.3) is 5.91 Å². The van der Waals surface area contributed by atoms with Gasteiger partial charge in [0.05, 0.1) is 0 Å². The van der Waals surface area contributed by atoms with Gasteiger partial charge in [-0.25, -0.2) is 8.78 Å². The SMILES string of the molecule is O=C(COc1cc(Br)ccc1F)Nc1ccc(F)cc1. The van der Waals surface area contributed by atoms with Crippen molar-refractivity contribution in [3.63, 3.8) is 0 Å². The first-order chi connectivity index (χ1) is 9.54. The van der Waals surface area contributed by atoms with E-state index in [0.29, 0.717) is 10.2 Å². The predicted octanol–water partition coefficient (Wildman–Crippen LogP) is 3.74. The van der Waals surface area contributed by atoms with Crippen LogP contribution in [0.15, 0.2) is 46.9 Å². The summed E-state index contributed by atoms with van der Waals surface area (Å²) in [6, 6.07) is 9.49. The summed E-state index contributed by atoms with van der Waals surface area (Å²) in [7, 11) is 0. The molecule has 3 nitrogen and oxygen atoms in total. The lowest BCUT2D eigenvalue weighted by Gasteiger charge is -2.08. The number of hydrogen-bond acceptors (Lipinski definition) is 2. The Balaban J connectivity index is 1.92. The first-order valence-electron chi connectivity index (χ1n) is 5.68. The summed E-state index contributed by atoms with van der Waals surface area (Å²) < 4.78 is 31.8. The normalized spacial score (nSPS) is 10.2. The number of nitrogens with one attached hydrogen (secondary N) is 1. The number of carbonyl (C=O) groups is 1. The molecule has 0 aliphatic rings. The Hall–Kier alpha value is -1.95. The van der Waals surface area contributed by atoms with Gasteiger partial charge < -0.3 is 10.1 Å². The molecule has 0 aliphatic carbocycles. The maximum absolute atomic E-state index is 13.4. The van der Waals surface area contributed by atoms with Crippen LogP contribution in [-0.4, -0.2) is 12.5 Å². The summed E-state index contributed by atoms with van der Waals surface area (Å²) in [5, 5.41) is 2.51. The molecular weight excluding hydrogens is 332 g/mol. The van der Waals surface area contributed by atoms with E-state index in [2.05, 4.69) is 21.2 Å². The lowest BCUT2D eigenvalue weighted by atomic mass is 10.3. The fourth-order valence-electron chi connectivity index (χ4n) is 1.46. The van der Waals surface area contributed by atoms with Gasteiger partial charge in [0.15, 0.2) is 18.2 Å². The Bertz CT molecular complexity index is 617. The molecule has 1 N–H and O–H groups in total. The van der Waals surface area contributed by atoms with Crippen molar-refractivity contribution in [1.82, 2.24) is 0 Å². The maximum atomic E-state index is 13.4. The topological polar surface area (TPSA) is 38.3 Å². The zero-order valence-electron chi connectivity index (χ0n) is 10.2. The van der Waals surface area contributed by atoms with Crippen LogP contribution in [0.5, 0.6) is 5.75 Å². The maximum Gasteiger partial charge on any atom is 0.262 e. The molecule has 0 heterocycles. The number of benzene rings is 2. The number of carbonyl (C=O) groups excluding carboxylic acids is 1. The minimum absolute atomic E-state index is 0.0198. The first-order valence-corrected chi connectivity index (χ1v) is 6.47. The third-order valence-electron chi connectivity index (χ3n) is 2.38. The summed E-state index contributed by atoms with van der Waals surface area (Å²) in [5.41, 5.74) is 0.440. The number of amides is 1. The molecule has 0 atom stereocenters. The molecule has 6 heteroatoms. The van der Waals surface area contributed by atoms with Gasteiger partial charge in [0, 0.05) is 10.2 Å². The van der Waals surface area contributed by atoms with Crippen molar-refractivity contribution in [2.24, 2.45) is 0 Å². The van der Waals surface area contributed by atoms with Crippen LogP contribution in [0.3, 0.4) is 0 Å². The molecule has 104 valence electrons. The second-order valence-corrected chi connectivity index (χ2v) is 4.83. The highest BCUT2D eigenvalue weighted by Crippen LogP contribution is 2.22. The van der Waals surface area contributed by atoms with Crippen LogP contribution < -0.4 is 10.1 Å². The molecular formula is C14H10BrF2NO2. The van der Waals surface area contributed by atoms with Crippen molar-refractivity contribution >= 4 is 27.5 Å². The monoisotopic (exact) mass is 341 g/mol. The van der Waals surface area contributed by atoms with E-state index in [4.69, 9.17) is 4.74 Å². The molecule has 20 heavy (non-hydrogen) atoms. The summed E-state index contributed by atoms with van der Waals surface area (Å²) in [6.45, 7) is -0.343. The van der Waals surface area contributed by atoms with Crippen molar-refractivity contribution in [1.29, 1.82) is 0 Å². The molecule has 0 spiro atoms. The Kier molecular flexibility index (Phi) is 4.68. The Labute approximate surface area is 122 Å². The van der Waals surface area contributed by atoms with E-state index in [1.165, 1.54) is 42.5 Å². The van der Waals surface area contributed by atoms with Crippen LogP contribution in [0.4, 0.5) is 14.5 Å². The second kappa shape index (κ2) is 6.47. The number of ether oxygens (including phenoxy) is 1. The van der Waals surface area contributed by atoms with Gasteiger partial charge in [0.1, 0.15) is 5.82 Å². The average Bonchev–Trinajstić information content (AvgIpc) is 2.42. The van der Waals surface area contributed by atoms with Gasteiger partial charge >= 0.3 is 0 Å². The van der Waals surface area contributed by atoms with Crippen LogP contribution >= 0.6 is 15.9 Å². The zero-order valence-corrected chi connectivity index (χ0v) is 11.8. The van der Waals surface area contributed by atoms with E-state index in [1.807, 2.05) is 0 Å². The second-order valence-electron chi connectivity index (χ2n) is 3.92. The third-order valence-corrected chi connectivity index (χ3v) is 2.87. The van der Waals surface area contributed by atoms with Crippen molar-refractivity contribution in [3.8, 4) is 5.75 Å². The highest BCUT2D eigenvalue weighted by molar-refractivity contribution is 9.10. The van der Waals surface area contributed by atoms with Crippen LogP contribution in [0.25, 0.3) is 0 Å². The molecule has 0 radical (unpaired) electrons. The zero-order chi connectivity index (χ0) is 14.5. The lowest BCUT2D eigenvalue weighted by Crippen LogP contribution is -2.20. The Morgan fingerprint density at radius 1 is 1.15 bits per heavy atom. The van der Waals surface area contributed by atoms with Gasteiger partial charge in [0.2, 0.25) is 0 Å². The van der Waals surface area contributed by atoms with E-state index < -0.39 is 17.5 Å². The average molecular weight is 342 g/mol. The molecule has 2 rings (SSSR count). The first kappa shape index (κ1) is 14.5. The lowest BCUT2D eigenvalue weighted by molar-refractivity contribution is -0.118. The van der Waals surface area contributed by atoms with E-state index in [-0.39, 0.29) is 12.4 Å². The molecule has 0 fully saturated rings. The third kappa shape index (κ3) is 4.03. The molecule has 0 bridgehead atoms. The van der Waals surface area contributed by atoms with Crippen LogP contribution in [0.1, 0.15) is 0 Å². The Morgan fingerprint density at radius 2 is 1.85 bits per heavy atom. The predicted molar refractivity (Wildman–Crippen MR) is 74.6 cm³/mol. The molecule has 2 aromatic carbocycles. The van der Waals surface area contributed by atoms with Crippen LogP contribution in [0, 0.1) is 11.6 Å². The smallest absolute Gasteiger partial charge is 0.262 e. The van der Waals surface area contributed by atoms with Gasteiger partial charge in [-0.2, -0.15) is 0 Å². The van der Waals surface area contributed by atoms with E-state index in [9.17, 15) is 13.6 Å². The fourth-order valence-corrected chi connectivity index (χ4v) is 1.80. The number of anilines is 1. The van der Waals surface area contributed by atoms with Crippen molar-refractivity contribution in [3.05, 3.63) is 58.6 Å². The summed E-state index contributed by atoms with van der Waals surface area (Å²) >= 11 is 3.18. The Morgan fingerprint density at radius 3 is 2.55 bits per heavy atom. The molecule has 0 saturated carbocycles. The van der Waals surface area contributed by atoms with Crippen molar-refractivity contribution < 1.29 is 18.3 Å². The molecule has 0 saturated heterocycles. The molecule has 0 aliphatic heterocycles. The summed E-state index contributed by atoms with van der Waals surface area (Å²) in [5.74, 6) is -1.43. The standard InChI is InChI=1S/C14H10BrF2NO2/c15-9-1-6-12(17)13(7-9)20-8-14(19)18-11-4-2-10(16)3-5-11/h1-7H,8H2,(H,18,19). The van der Waals surface area contributed by atoms with Crippen LogP contribution in [0.2, 0.25) is 0 Å². The highest BCUT2D eigenvalue weighted by atomic mass is 79.9. The van der Waals surface area contributed by atoms with Gasteiger partial charge in [-0.15, -0.1) is 0 Å². The van der Waals surface area contributed by atoms with E-state index in [0.717, 1.165) is 0 Å². The number of hydrogen-bond donors (Lipinski definition) is 1. The minimum atomic E-state index is -0.553. The number of rotatable bonds is 4. The van der Waals surface area contributed by atoms with E-state index >= 15 is 0 Å². The fraction of sp³-hybridized carbons (Fsp3) is 0.0714. The van der Waals surface area contributed by atoms with Gasteiger partial charge in [-0.1, -0.05) is 15.9 Å². The largest absolute Gasteiger partial charge is 0.481 e. The molecule has 0 aromatic heterocycles. The minimum Gasteiger partial charge on any atom is -0.481 e. The van der Waals surface area contributed by atoms with Gasteiger partial charge in [-0.05, 0) is 42.5 Å². The van der Waals surface area contributed by atoms with Crippen LogP contribution in [-0.2, 0) is 4.79 Å². The molecule has 1 amide bonds. The van der Waals surface area contributed by atoms with Crippen molar-refractivity contribution in [2.75, 3.05) is 11.9 Å². The van der Waals surface area contributed by atoms with Gasteiger partial charge in [-0.3, -0.25) is 4.79 Å². The molecule has 2 aromatic rings.